The minimum atomic E-state index is -2.19. The first kappa shape index (κ1) is 23.5. The molecule has 3 aromatic carbocycles. The topological polar surface area (TPSA) is 84.9 Å². The highest BCUT2D eigenvalue weighted by Gasteiger charge is 2.51. The molecule has 1 heterocycles. The summed E-state index contributed by atoms with van der Waals surface area (Å²) in [5, 5.41) is 17.5. The minimum absolute atomic E-state index is 0.316. The van der Waals surface area contributed by atoms with Crippen molar-refractivity contribution in [3.05, 3.63) is 95.6 Å². The van der Waals surface area contributed by atoms with Gasteiger partial charge in [0, 0.05) is 30.9 Å². The Morgan fingerprint density at radius 1 is 1.00 bits per heavy atom. The van der Waals surface area contributed by atoms with E-state index in [1.54, 1.807) is 36.4 Å². The second-order valence-corrected chi connectivity index (χ2v) is 8.48. The summed E-state index contributed by atoms with van der Waals surface area (Å²) in [6.45, 7) is 3.67. The lowest BCUT2D eigenvalue weighted by molar-refractivity contribution is -0.140. The third kappa shape index (κ3) is 4.66. The SMILES string of the molecule is CCc1ccc(N2C(=O)Nc3ccccc3[C@@]2(O)C(=O)NCCN(C)Cc2ccccc2)cc1. The van der Waals surface area contributed by atoms with Gasteiger partial charge in [-0.05, 0) is 42.8 Å². The number of carbonyl (C=O) groups is 2. The summed E-state index contributed by atoms with van der Waals surface area (Å²) in [7, 11) is 1.97. The summed E-state index contributed by atoms with van der Waals surface area (Å²) in [5.41, 5.74) is 1.25. The number of hydrogen-bond acceptors (Lipinski definition) is 4. The number of carbonyl (C=O) groups excluding carboxylic acids is 2. The Bertz CT molecular complexity index is 1150. The van der Waals surface area contributed by atoms with Crippen LogP contribution in [0.25, 0.3) is 0 Å². The number of fused-ring (bicyclic) bond motifs is 1. The number of hydrogen-bond donors (Lipinski definition) is 3. The standard InChI is InChI=1S/C27H30N4O3/c1-3-20-13-15-22(16-14-20)31-26(33)29-24-12-8-7-11-23(24)27(31,34)25(32)28-17-18-30(2)19-21-9-5-4-6-10-21/h4-16,34H,3,17-19H2,1-2H3,(H,28,32)(H,29,33)/t27-/m1/s1. The molecule has 34 heavy (non-hydrogen) atoms. The molecule has 176 valence electrons. The fourth-order valence-electron chi connectivity index (χ4n) is 4.20. The fraction of sp³-hybridized carbons (Fsp3) is 0.259. The maximum atomic E-state index is 13.5. The van der Waals surface area contributed by atoms with E-state index >= 15 is 0 Å². The number of rotatable bonds is 8. The molecule has 1 aliphatic rings. The van der Waals surface area contributed by atoms with Crippen molar-refractivity contribution in [2.45, 2.75) is 25.6 Å². The molecule has 1 aliphatic heterocycles. The van der Waals surface area contributed by atoms with Gasteiger partial charge in [0.15, 0.2) is 0 Å². The van der Waals surface area contributed by atoms with Crippen LogP contribution in [0.15, 0.2) is 78.9 Å². The molecule has 0 spiro atoms. The maximum Gasteiger partial charge on any atom is 0.329 e. The second-order valence-electron chi connectivity index (χ2n) is 8.48. The number of urea groups is 1. The van der Waals surface area contributed by atoms with Crippen molar-refractivity contribution < 1.29 is 14.7 Å². The predicted octanol–water partition coefficient (Wildman–Crippen LogP) is 3.69. The van der Waals surface area contributed by atoms with Gasteiger partial charge in [-0.15, -0.1) is 0 Å². The Morgan fingerprint density at radius 3 is 2.38 bits per heavy atom. The van der Waals surface area contributed by atoms with E-state index in [-0.39, 0.29) is 0 Å². The smallest absolute Gasteiger partial charge is 0.329 e. The van der Waals surface area contributed by atoms with Gasteiger partial charge < -0.3 is 20.6 Å². The summed E-state index contributed by atoms with van der Waals surface area (Å²) in [4.78, 5) is 29.8. The molecule has 3 amide bonds. The number of aliphatic hydroxyl groups is 1. The first-order valence-corrected chi connectivity index (χ1v) is 11.5. The van der Waals surface area contributed by atoms with Gasteiger partial charge in [0.2, 0.25) is 0 Å². The van der Waals surface area contributed by atoms with E-state index in [1.165, 1.54) is 5.56 Å². The summed E-state index contributed by atoms with van der Waals surface area (Å²) in [6.07, 6.45) is 0.844. The zero-order valence-electron chi connectivity index (χ0n) is 19.5. The van der Waals surface area contributed by atoms with Crippen LogP contribution in [0, 0.1) is 0 Å². The monoisotopic (exact) mass is 458 g/mol. The van der Waals surface area contributed by atoms with Crippen molar-refractivity contribution in [1.29, 1.82) is 0 Å². The quantitative estimate of drug-likeness (QED) is 0.481. The first-order valence-electron chi connectivity index (χ1n) is 11.5. The molecule has 4 rings (SSSR count). The van der Waals surface area contributed by atoms with Crippen molar-refractivity contribution >= 4 is 23.3 Å². The molecule has 1 atom stereocenters. The summed E-state index contributed by atoms with van der Waals surface area (Å²) in [6, 6.07) is 23.6. The Labute approximate surface area is 200 Å². The molecule has 0 aliphatic carbocycles. The van der Waals surface area contributed by atoms with Gasteiger partial charge in [0.05, 0.1) is 5.69 Å². The molecule has 0 radical (unpaired) electrons. The van der Waals surface area contributed by atoms with Gasteiger partial charge in [-0.25, -0.2) is 4.79 Å². The van der Waals surface area contributed by atoms with E-state index in [4.69, 9.17) is 0 Å². The average molecular weight is 459 g/mol. The number of nitrogens with zero attached hydrogens (tertiary/aromatic N) is 2. The van der Waals surface area contributed by atoms with Crippen LogP contribution in [0.1, 0.15) is 23.6 Å². The van der Waals surface area contributed by atoms with Crippen molar-refractivity contribution in [1.82, 2.24) is 10.2 Å². The van der Waals surface area contributed by atoms with Gasteiger partial charge in [-0.3, -0.25) is 9.69 Å². The number of amides is 3. The van der Waals surface area contributed by atoms with Crippen molar-refractivity contribution in [2.75, 3.05) is 30.4 Å². The number of para-hydroxylation sites is 1. The third-order valence-electron chi connectivity index (χ3n) is 6.06. The lowest BCUT2D eigenvalue weighted by Gasteiger charge is -2.42. The van der Waals surface area contributed by atoms with Crippen LogP contribution in [0.5, 0.6) is 0 Å². The Kier molecular flexibility index (Phi) is 6.95. The van der Waals surface area contributed by atoms with Gasteiger partial charge >= 0.3 is 6.03 Å². The zero-order valence-corrected chi connectivity index (χ0v) is 19.5. The molecule has 3 N–H and O–H groups in total. The Hall–Kier alpha value is -3.68. The lowest BCUT2D eigenvalue weighted by Crippen LogP contribution is -2.62. The van der Waals surface area contributed by atoms with Crippen LogP contribution in [-0.2, 0) is 23.5 Å². The van der Waals surface area contributed by atoms with Crippen LogP contribution in [-0.4, -0.2) is 42.1 Å². The van der Waals surface area contributed by atoms with Crippen LogP contribution in [0.4, 0.5) is 16.2 Å². The average Bonchev–Trinajstić information content (AvgIpc) is 2.85. The summed E-state index contributed by atoms with van der Waals surface area (Å²) in [5.74, 6) is -0.650. The maximum absolute atomic E-state index is 13.5. The summed E-state index contributed by atoms with van der Waals surface area (Å²) < 4.78 is 0. The van der Waals surface area contributed by atoms with Crippen LogP contribution in [0.2, 0.25) is 0 Å². The molecule has 0 unspecified atom stereocenters. The first-order chi connectivity index (χ1) is 16.4. The number of likely N-dealkylation sites (N-methyl/N-ethyl adjacent to an activating group) is 1. The van der Waals surface area contributed by atoms with Crippen LogP contribution < -0.4 is 15.5 Å². The number of benzene rings is 3. The van der Waals surface area contributed by atoms with Crippen LogP contribution in [0.3, 0.4) is 0 Å². The van der Waals surface area contributed by atoms with Gasteiger partial charge in [0.25, 0.3) is 11.6 Å². The molecular formula is C27H30N4O3. The Morgan fingerprint density at radius 2 is 1.68 bits per heavy atom. The molecular weight excluding hydrogens is 428 g/mol. The van der Waals surface area contributed by atoms with Crippen LogP contribution >= 0.6 is 0 Å². The molecule has 0 saturated heterocycles. The molecule has 7 nitrogen and oxygen atoms in total. The van der Waals surface area contributed by atoms with Crippen molar-refractivity contribution in [3.63, 3.8) is 0 Å². The predicted molar refractivity (Wildman–Crippen MR) is 133 cm³/mol. The van der Waals surface area contributed by atoms with E-state index < -0.39 is 17.7 Å². The highest BCUT2D eigenvalue weighted by atomic mass is 16.3. The van der Waals surface area contributed by atoms with E-state index in [0.29, 0.717) is 30.0 Å². The number of nitrogens with one attached hydrogen (secondary N) is 2. The highest BCUT2D eigenvalue weighted by Crippen LogP contribution is 2.39. The lowest BCUT2D eigenvalue weighted by atomic mass is 9.94. The normalized spacial score (nSPS) is 17.3. The fourth-order valence-corrected chi connectivity index (χ4v) is 4.20. The largest absolute Gasteiger partial charge is 0.359 e. The number of aryl methyl sites for hydroxylation is 1. The molecule has 0 bridgehead atoms. The third-order valence-corrected chi connectivity index (χ3v) is 6.06. The molecule has 3 aromatic rings. The van der Waals surface area contributed by atoms with E-state index in [2.05, 4.69) is 27.7 Å². The second kappa shape index (κ2) is 10.1. The molecule has 0 fully saturated rings. The van der Waals surface area contributed by atoms with Gasteiger partial charge in [-0.1, -0.05) is 67.6 Å². The van der Waals surface area contributed by atoms with Gasteiger partial charge in [-0.2, -0.15) is 0 Å². The minimum Gasteiger partial charge on any atom is -0.359 e. The highest BCUT2D eigenvalue weighted by molar-refractivity contribution is 6.11. The van der Waals surface area contributed by atoms with E-state index in [1.807, 2.05) is 44.3 Å². The molecule has 0 aromatic heterocycles. The Balaban J connectivity index is 1.56. The van der Waals surface area contributed by atoms with E-state index in [0.717, 1.165) is 23.4 Å². The van der Waals surface area contributed by atoms with Gasteiger partial charge in [0.1, 0.15) is 0 Å². The van der Waals surface area contributed by atoms with E-state index in [9.17, 15) is 14.7 Å². The summed E-state index contributed by atoms with van der Waals surface area (Å²) >= 11 is 0. The molecule has 0 saturated carbocycles. The van der Waals surface area contributed by atoms with Crippen molar-refractivity contribution in [2.24, 2.45) is 0 Å². The zero-order chi connectivity index (χ0) is 24.1. The number of anilines is 2. The molecule has 7 heteroatoms. The van der Waals surface area contributed by atoms with Crippen molar-refractivity contribution in [3.8, 4) is 0 Å².